The first-order valence-corrected chi connectivity index (χ1v) is 10.3. The van der Waals surface area contributed by atoms with Crippen LogP contribution in [-0.2, 0) is 4.74 Å². The summed E-state index contributed by atoms with van der Waals surface area (Å²) in [4.78, 5) is 7.16. The van der Waals surface area contributed by atoms with Crippen molar-refractivity contribution in [2.45, 2.75) is 70.4 Å². The number of ether oxygens (including phenoxy) is 1. The van der Waals surface area contributed by atoms with Crippen LogP contribution in [0.4, 0.5) is 0 Å². The molecule has 2 fully saturated rings. The first-order chi connectivity index (χ1) is 12.3. The molecule has 0 aromatic carbocycles. The number of nitrogens with one attached hydrogen (secondary N) is 2. The van der Waals surface area contributed by atoms with Gasteiger partial charge in [0.15, 0.2) is 5.96 Å². The number of rotatable bonds is 8. The highest BCUT2D eigenvalue weighted by atomic mass is 16.5. The summed E-state index contributed by atoms with van der Waals surface area (Å²) < 4.78 is 6.04. The van der Waals surface area contributed by atoms with E-state index in [-0.39, 0.29) is 0 Å². The molecule has 1 saturated carbocycles. The summed E-state index contributed by atoms with van der Waals surface area (Å²) in [5.74, 6) is 0.939. The Kier molecular flexibility index (Phi) is 9.97. The molecule has 2 N–H and O–H groups in total. The molecule has 1 aliphatic heterocycles. The summed E-state index contributed by atoms with van der Waals surface area (Å²) in [6.07, 6.45) is 12.6. The van der Waals surface area contributed by atoms with Crippen LogP contribution >= 0.6 is 0 Å². The average molecular weight is 351 g/mol. The highest BCUT2D eigenvalue weighted by molar-refractivity contribution is 5.80. The van der Waals surface area contributed by atoms with Crippen LogP contribution in [0.25, 0.3) is 0 Å². The van der Waals surface area contributed by atoms with Crippen LogP contribution in [-0.4, -0.2) is 62.3 Å². The maximum atomic E-state index is 6.04. The number of aliphatic imine (C=N–C) groups is 1. The topological polar surface area (TPSA) is 48.9 Å². The Morgan fingerprint density at radius 1 is 1.16 bits per heavy atom. The van der Waals surface area contributed by atoms with Crippen LogP contribution in [0.15, 0.2) is 17.6 Å². The molecule has 0 radical (unpaired) electrons. The molecule has 0 bridgehead atoms. The van der Waals surface area contributed by atoms with E-state index in [1.165, 1.54) is 38.5 Å². The predicted molar refractivity (Wildman–Crippen MR) is 106 cm³/mol. The van der Waals surface area contributed by atoms with Crippen LogP contribution in [0.1, 0.15) is 58.3 Å². The van der Waals surface area contributed by atoms with Gasteiger partial charge in [0.05, 0.1) is 19.3 Å². The Morgan fingerprint density at radius 2 is 1.88 bits per heavy atom. The van der Waals surface area contributed by atoms with Gasteiger partial charge in [-0.2, -0.15) is 0 Å². The molecule has 0 aromatic heterocycles. The third kappa shape index (κ3) is 8.23. The maximum Gasteiger partial charge on any atom is 0.191 e. The quantitative estimate of drug-likeness (QED) is 0.232. The van der Waals surface area contributed by atoms with E-state index in [9.17, 15) is 0 Å². The van der Waals surface area contributed by atoms with E-state index in [0.717, 1.165) is 58.1 Å². The minimum Gasteiger partial charge on any atom is -0.376 e. The summed E-state index contributed by atoms with van der Waals surface area (Å²) in [6.45, 7) is 11.6. The first-order valence-electron chi connectivity index (χ1n) is 10.3. The van der Waals surface area contributed by atoms with Gasteiger partial charge in [0.1, 0.15) is 0 Å². The second-order valence-electron chi connectivity index (χ2n) is 7.25. The van der Waals surface area contributed by atoms with Gasteiger partial charge in [0.2, 0.25) is 0 Å². The van der Waals surface area contributed by atoms with E-state index in [1.54, 1.807) is 0 Å². The Labute approximate surface area is 154 Å². The lowest BCUT2D eigenvalue weighted by Crippen LogP contribution is -2.48. The van der Waals surface area contributed by atoms with Crippen LogP contribution in [0.3, 0.4) is 0 Å². The van der Waals surface area contributed by atoms with Crippen molar-refractivity contribution in [2.24, 2.45) is 4.99 Å². The van der Waals surface area contributed by atoms with Gasteiger partial charge in [-0.15, -0.1) is 6.58 Å². The summed E-state index contributed by atoms with van der Waals surface area (Å²) in [6, 6.07) is 0.515. The molecule has 0 unspecified atom stereocenters. The van der Waals surface area contributed by atoms with Crippen molar-refractivity contribution in [1.82, 2.24) is 15.5 Å². The zero-order valence-electron chi connectivity index (χ0n) is 16.1. The van der Waals surface area contributed by atoms with E-state index in [0.29, 0.717) is 12.1 Å². The van der Waals surface area contributed by atoms with Crippen molar-refractivity contribution in [1.29, 1.82) is 0 Å². The largest absolute Gasteiger partial charge is 0.376 e. The third-order valence-electron chi connectivity index (χ3n) is 5.18. The maximum absolute atomic E-state index is 6.04. The molecular weight excluding hydrogens is 312 g/mol. The lowest BCUT2D eigenvalue weighted by atomic mass is 10.1. The molecule has 2 rings (SSSR count). The van der Waals surface area contributed by atoms with Crippen molar-refractivity contribution >= 4 is 5.96 Å². The fourth-order valence-electron chi connectivity index (χ4n) is 3.74. The second-order valence-corrected chi connectivity index (χ2v) is 7.25. The van der Waals surface area contributed by atoms with E-state index in [1.807, 2.05) is 6.08 Å². The van der Waals surface area contributed by atoms with Gasteiger partial charge in [0, 0.05) is 32.2 Å². The molecule has 25 heavy (non-hydrogen) atoms. The molecule has 0 atom stereocenters. The van der Waals surface area contributed by atoms with Crippen molar-refractivity contribution in [3.63, 3.8) is 0 Å². The molecule has 1 heterocycles. The molecule has 2 aliphatic rings. The average Bonchev–Trinajstić information content (AvgIpc) is 2.89. The van der Waals surface area contributed by atoms with Crippen molar-refractivity contribution in [3.05, 3.63) is 12.7 Å². The van der Waals surface area contributed by atoms with E-state index >= 15 is 0 Å². The van der Waals surface area contributed by atoms with Gasteiger partial charge >= 0.3 is 0 Å². The lowest BCUT2D eigenvalue weighted by Gasteiger charge is -2.32. The highest BCUT2D eigenvalue weighted by Gasteiger charge is 2.19. The number of likely N-dealkylation sites (tertiary alicyclic amines) is 1. The number of hydrogen-bond donors (Lipinski definition) is 2. The molecule has 0 aromatic rings. The molecule has 144 valence electrons. The standard InChI is InChI=1S/C20H38N4O/c1-3-14-24-15-11-18(12-16-24)23-20(21-4-2)22-13-17-25-19-9-7-5-6-8-10-19/h3,18-19H,1,4-17H2,2H3,(H2,21,22,23). The van der Waals surface area contributed by atoms with Gasteiger partial charge in [-0.05, 0) is 32.6 Å². The van der Waals surface area contributed by atoms with Crippen molar-refractivity contribution in [2.75, 3.05) is 39.3 Å². The van der Waals surface area contributed by atoms with Gasteiger partial charge in [-0.25, -0.2) is 0 Å². The molecule has 5 heteroatoms. The van der Waals surface area contributed by atoms with Crippen LogP contribution in [0.2, 0.25) is 0 Å². The zero-order valence-corrected chi connectivity index (χ0v) is 16.1. The number of hydrogen-bond acceptors (Lipinski definition) is 3. The van der Waals surface area contributed by atoms with Crippen molar-refractivity contribution in [3.8, 4) is 0 Å². The monoisotopic (exact) mass is 350 g/mol. The molecule has 5 nitrogen and oxygen atoms in total. The first kappa shape index (κ1) is 20.2. The molecule has 0 amide bonds. The molecule has 1 aliphatic carbocycles. The summed E-state index contributed by atoms with van der Waals surface area (Å²) in [7, 11) is 0. The lowest BCUT2D eigenvalue weighted by molar-refractivity contribution is 0.0487. The highest BCUT2D eigenvalue weighted by Crippen LogP contribution is 2.19. The molecule has 0 spiro atoms. The SMILES string of the molecule is C=CCN1CCC(NC(=NCCOC2CCCCCC2)NCC)CC1. The Morgan fingerprint density at radius 3 is 2.52 bits per heavy atom. The summed E-state index contributed by atoms with van der Waals surface area (Å²) in [5.41, 5.74) is 0. The third-order valence-corrected chi connectivity index (χ3v) is 5.18. The van der Waals surface area contributed by atoms with E-state index in [2.05, 4.69) is 29.0 Å². The van der Waals surface area contributed by atoms with Crippen LogP contribution in [0, 0.1) is 0 Å². The number of piperidine rings is 1. The Bertz CT molecular complexity index is 383. The minimum absolute atomic E-state index is 0.461. The normalized spacial score (nSPS) is 21.7. The number of guanidine groups is 1. The summed E-state index contributed by atoms with van der Waals surface area (Å²) in [5, 5.41) is 6.97. The van der Waals surface area contributed by atoms with Crippen molar-refractivity contribution < 1.29 is 4.74 Å². The van der Waals surface area contributed by atoms with Crippen LogP contribution < -0.4 is 10.6 Å². The zero-order chi connectivity index (χ0) is 17.7. The van der Waals surface area contributed by atoms with E-state index < -0.39 is 0 Å². The fourth-order valence-corrected chi connectivity index (χ4v) is 3.74. The predicted octanol–water partition coefficient (Wildman–Crippen LogP) is 2.93. The van der Waals surface area contributed by atoms with Gasteiger partial charge < -0.3 is 15.4 Å². The smallest absolute Gasteiger partial charge is 0.191 e. The number of nitrogens with zero attached hydrogens (tertiary/aromatic N) is 2. The van der Waals surface area contributed by atoms with Crippen LogP contribution in [0.5, 0.6) is 0 Å². The fraction of sp³-hybridized carbons (Fsp3) is 0.850. The van der Waals surface area contributed by atoms with Gasteiger partial charge in [-0.3, -0.25) is 9.89 Å². The summed E-state index contributed by atoms with van der Waals surface area (Å²) >= 11 is 0. The van der Waals surface area contributed by atoms with Gasteiger partial charge in [0.25, 0.3) is 0 Å². The Balaban J connectivity index is 1.68. The second kappa shape index (κ2) is 12.3. The minimum atomic E-state index is 0.461. The van der Waals surface area contributed by atoms with Gasteiger partial charge in [-0.1, -0.05) is 31.8 Å². The Hall–Kier alpha value is -1.07. The van der Waals surface area contributed by atoms with E-state index in [4.69, 9.17) is 9.73 Å². The molecular formula is C20H38N4O. The molecule has 1 saturated heterocycles.